The number of nitrogens with zero attached hydrogens (tertiary/aromatic N) is 2. The minimum atomic E-state index is -0.197. The maximum atomic E-state index is 12.7. The second-order valence-corrected chi connectivity index (χ2v) is 9.84. The van der Waals surface area contributed by atoms with Gasteiger partial charge >= 0.3 is 0 Å². The van der Waals surface area contributed by atoms with Crippen molar-refractivity contribution >= 4 is 17.2 Å². The van der Waals surface area contributed by atoms with Gasteiger partial charge in [0.05, 0.1) is 10.9 Å². The maximum absolute atomic E-state index is 12.7. The zero-order valence-electron chi connectivity index (χ0n) is 17.9. The summed E-state index contributed by atoms with van der Waals surface area (Å²) in [5, 5.41) is 9.02. The summed E-state index contributed by atoms with van der Waals surface area (Å²) in [5.74, 6) is 0.432. The smallest absolute Gasteiger partial charge is 0.273 e. The van der Waals surface area contributed by atoms with Gasteiger partial charge in [0.15, 0.2) is 11.5 Å². The molecule has 1 aliphatic rings. The van der Waals surface area contributed by atoms with Crippen molar-refractivity contribution in [3.8, 4) is 10.6 Å². The molecule has 2 aromatic heterocycles. The third-order valence-corrected chi connectivity index (χ3v) is 6.59. The van der Waals surface area contributed by atoms with Gasteiger partial charge in [0.1, 0.15) is 0 Å². The number of amides is 1. The lowest BCUT2D eigenvalue weighted by atomic mass is 9.86. The quantitative estimate of drug-likeness (QED) is 0.587. The number of rotatable bonds is 6. The van der Waals surface area contributed by atoms with Gasteiger partial charge in [-0.3, -0.25) is 9.69 Å². The van der Waals surface area contributed by atoms with E-state index in [1.54, 1.807) is 17.4 Å². The second kappa shape index (κ2) is 8.74. The Labute approximate surface area is 182 Å². The average molecular weight is 424 g/mol. The van der Waals surface area contributed by atoms with Crippen LogP contribution in [0.4, 0.5) is 0 Å². The van der Waals surface area contributed by atoms with E-state index < -0.39 is 0 Å². The average Bonchev–Trinajstić information content (AvgIpc) is 3.49. The highest BCUT2D eigenvalue weighted by molar-refractivity contribution is 7.13. The molecule has 1 aliphatic heterocycles. The Hall–Kier alpha value is -2.44. The minimum Gasteiger partial charge on any atom is -0.355 e. The normalized spacial score (nSPS) is 16.0. The van der Waals surface area contributed by atoms with E-state index in [0.29, 0.717) is 18.0 Å². The minimum absolute atomic E-state index is 0.128. The first kappa shape index (κ1) is 20.8. The maximum Gasteiger partial charge on any atom is 0.273 e. The van der Waals surface area contributed by atoms with Gasteiger partial charge in [-0.1, -0.05) is 56.3 Å². The molecule has 0 radical (unpaired) electrons. The summed E-state index contributed by atoms with van der Waals surface area (Å²) in [7, 11) is 0. The highest BCUT2D eigenvalue weighted by Crippen LogP contribution is 2.29. The van der Waals surface area contributed by atoms with Gasteiger partial charge in [-0.2, -0.15) is 0 Å². The van der Waals surface area contributed by atoms with E-state index in [9.17, 15) is 4.79 Å². The molecule has 1 fully saturated rings. The van der Waals surface area contributed by atoms with Gasteiger partial charge in [-0.05, 0) is 53.9 Å². The van der Waals surface area contributed by atoms with Gasteiger partial charge in [0.25, 0.3) is 5.91 Å². The van der Waals surface area contributed by atoms with E-state index in [4.69, 9.17) is 4.52 Å². The molecule has 1 N–H and O–H groups in total. The summed E-state index contributed by atoms with van der Waals surface area (Å²) < 4.78 is 5.36. The van der Waals surface area contributed by atoms with Crippen LogP contribution in [-0.4, -0.2) is 35.6 Å². The van der Waals surface area contributed by atoms with E-state index in [0.717, 1.165) is 18.0 Å². The van der Waals surface area contributed by atoms with Crippen LogP contribution in [0.5, 0.6) is 0 Å². The van der Waals surface area contributed by atoms with E-state index in [1.165, 1.54) is 24.0 Å². The van der Waals surface area contributed by atoms with Gasteiger partial charge < -0.3 is 9.84 Å². The molecule has 1 aromatic carbocycles. The van der Waals surface area contributed by atoms with Gasteiger partial charge in [-0.15, -0.1) is 11.3 Å². The zero-order valence-corrected chi connectivity index (χ0v) is 18.7. The molecule has 4 rings (SSSR count). The van der Waals surface area contributed by atoms with Crippen molar-refractivity contribution in [3.05, 3.63) is 64.7 Å². The fraction of sp³-hybridized carbons (Fsp3) is 0.417. The molecule has 3 aromatic rings. The van der Waals surface area contributed by atoms with Crippen molar-refractivity contribution in [2.45, 2.75) is 45.1 Å². The van der Waals surface area contributed by atoms with Crippen LogP contribution in [0.2, 0.25) is 0 Å². The lowest BCUT2D eigenvalue weighted by Gasteiger charge is -2.29. The first-order valence-corrected chi connectivity index (χ1v) is 11.4. The van der Waals surface area contributed by atoms with Crippen molar-refractivity contribution < 1.29 is 9.32 Å². The zero-order chi connectivity index (χ0) is 21.1. The molecule has 0 bridgehead atoms. The number of hydrogen-bond acceptors (Lipinski definition) is 5. The number of likely N-dealkylation sites (tertiary alicyclic amines) is 1. The topological polar surface area (TPSA) is 58.4 Å². The van der Waals surface area contributed by atoms with E-state index in [-0.39, 0.29) is 17.4 Å². The molecule has 0 aliphatic carbocycles. The summed E-state index contributed by atoms with van der Waals surface area (Å²) in [4.78, 5) is 16.1. The number of aromatic nitrogens is 1. The van der Waals surface area contributed by atoms with Gasteiger partial charge in [0.2, 0.25) is 0 Å². The van der Waals surface area contributed by atoms with Crippen LogP contribution in [0.1, 0.15) is 61.3 Å². The lowest BCUT2D eigenvalue weighted by molar-refractivity contribution is 0.0929. The molecular weight excluding hydrogens is 394 g/mol. The number of carbonyl (C=O) groups is 1. The van der Waals surface area contributed by atoms with Crippen molar-refractivity contribution in [2.24, 2.45) is 0 Å². The predicted molar refractivity (Wildman–Crippen MR) is 121 cm³/mol. The van der Waals surface area contributed by atoms with E-state index in [2.05, 4.69) is 60.4 Å². The number of benzene rings is 1. The molecule has 3 heterocycles. The first-order valence-electron chi connectivity index (χ1n) is 10.5. The highest BCUT2D eigenvalue weighted by atomic mass is 32.1. The van der Waals surface area contributed by atoms with Crippen LogP contribution in [0, 0.1) is 0 Å². The summed E-state index contributed by atoms with van der Waals surface area (Å²) >= 11 is 1.56. The van der Waals surface area contributed by atoms with Gasteiger partial charge in [-0.25, -0.2) is 0 Å². The molecule has 1 saturated heterocycles. The fourth-order valence-electron chi connectivity index (χ4n) is 3.91. The molecule has 158 valence electrons. The molecule has 6 heteroatoms. The molecule has 5 nitrogen and oxygen atoms in total. The summed E-state index contributed by atoms with van der Waals surface area (Å²) in [5.41, 5.74) is 3.01. The third-order valence-electron chi connectivity index (χ3n) is 5.71. The Morgan fingerprint density at radius 2 is 1.93 bits per heavy atom. The highest BCUT2D eigenvalue weighted by Gasteiger charge is 2.25. The number of nitrogens with one attached hydrogen (secondary N) is 1. The van der Waals surface area contributed by atoms with Crippen LogP contribution in [0.3, 0.4) is 0 Å². The Kier molecular flexibility index (Phi) is 6.06. The van der Waals surface area contributed by atoms with Crippen LogP contribution >= 0.6 is 11.3 Å². The predicted octanol–water partition coefficient (Wildman–Crippen LogP) is 5.27. The molecule has 0 saturated carbocycles. The molecule has 1 atom stereocenters. The summed E-state index contributed by atoms with van der Waals surface area (Å²) in [6.07, 6.45) is 2.41. The Balaban J connectivity index is 1.47. The second-order valence-electron chi connectivity index (χ2n) is 8.89. The van der Waals surface area contributed by atoms with Crippen LogP contribution in [0.25, 0.3) is 10.6 Å². The van der Waals surface area contributed by atoms with Crippen LogP contribution in [-0.2, 0) is 5.41 Å². The number of carbonyl (C=O) groups excluding carboxylic acids is 1. The Bertz CT molecular complexity index is 965. The molecular formula is C24H29N3O2S. The largest absolute Gasteiger partial charge is 0.355 e. The molecule has 0 unspecified atom stereocenters. The van der Waals surface area contributed by atoms with Crippen molar-refractivity contribution in [1.29, 1.82) is 0 Å². The van der Waals surface area contributed by atoms with Crippen LogP contribution in [0.15, 0.2) is 52.4 Å². The first-order chi connectivity index (χ1) is 14.4. The molecule has 0 spiro atoms. The Morgan fingerprint density at radius 3 is 2.57 bits per heavy atom. The lowest BCUT2D eigenvalue weighted by Crippen LogP contribution is -2.37. The Morgan fingerprint density at radius 1 is 1.20 bits per heavy atom. The van der Waals surface area contributed by atoms with Gasteiger partial charge in [0, 0.05) is 12.6 Å². The SMILES string of the molecule is CC(C)(C)c1ccc([C@@H](CNC(=O)c2cc(-c3cccs3)on2)N2CCCC2)cc1. The van der Waals surface area contributed by atoms with Crippen molar-refractivity contribution in [1.82, 2.24) is 15.4 Å². The van der Waals surface area contributed by atoms with E-state index >= 15 is 0 Å². The summed E-state index contributed by atoms with van der Waals surface area (Å²) in [6.45, 7) is 9.35. The summed E-state index contributed by atoms with van der Waals surface area (Å²) in [6, 6.07) is 14.6. The van der Waals surface area contributed by atoms with Crippen LogP contribution < -0.4 is 5.32 Å². The third kappa shape index (κ3) is 4.65. The molecule has 1 amide bonds. The monoisotopic (exact) mass is 423 g/mol. The van der Waals surface area contributed by atoms with Crippen molar-refractivity contribution in [3.63, 3.8) is 0 Å². The molecule has 30 heavy (non-hydrogen) atoms. The van der Waals surface area contributed by atoms with Crippen molar-refractivity contribution in [2.75, 3.05) is 19.6 Å². The van der Waals surface area contributed by atoms with E-state index in [1.807, 2.05) is 17.5 Å². The number of thiophene rings is 1. The number of hydrogen-bond donors (Lipinski definition) is 1. The fourth-order valence-corrected chi connectivity index (χ4v) is 4.59. The standard InChI is InChI=1S/C24H29N3O2S/c1-24(2,3)18-10-8-17(9-11-18)20(27-12-4-5-13-27)16-25-23(28)19-15-21(29-26-19)22-7-6-14-30-22/h6-11,14-15,20H,4-5,12-13,16H2,1-3H3,(H,25,28)/t20-/m1/s1.